The van der Waals surface area contributed by atoms with Crippen LogP contribution >= 0.6 is 23.1 Å². The highest BCUT2D eigenvalue weighted by molar-refractivity contribution is 7.99. The van der Waals surface area contributed by atoms with Gasteiger partial charge in [0.25, 0.3) is 0 Å². The number of nitrogens with two attached hydrogens (primary N) is 1. The zero-order valence-corrected chi connectivity index (χ0v) is 7.82. The van der Waals surface area contributed by atoms with E-state index in [0.29, 0.717) is 10.9 Å². The minimum absolute atomic E-state index is 0.109. The van der Waals surface area contributed by atoms with E-state index in [9.17, 15) is 4.79 Å². The molecule has 12 heavy (non-hydrogen) atoms. The lowest BCUT2D eigenvalue weighted by atomic mass is 10.6. The van der Waals surface area contributed by atoms with Crippen molar-refractivity contribution in [3.8, 4) is 0 Å². The summed E-state index contributed by atoms with van der Waals surface area (Å²) in [6, 6.07) is 0. The summed E-state index contributed by atoms with van der Waals surface area (Å²) >= 11 is 2.69. The fourth-order valence-corrected chi connectivity index (χ4v) is 1.93. The lowest BCUT2D eigenvalue weighted by Crippen LogP contribution is -1.98. The maximum atomic E-state index is 10.1. The largest absolute Gasteiger partial charge is 0.481 e. The van der Waals surface area contributed by atoms with Gasteiger partial charge in [-0.05, 0) is 0 Å². The molecule has 0 saturated heterocycles. The van der Waals surface area contributed by atoms with Gasteiger partial charge in [0.1, 0.15) is 0 Å². The second kappa shape index (κ2) is 4.32. The Hall–Kier alpha value is -0.750. The molecule has 6 heteroatoms. The van der Waals surface area contributed by atoms with Crippen molar-refractivity contribution in [1.82, 2.24) is 4.98 Å². The highest BCUT2D eigenvalue weighted by Crippen LogP contribution is 2.16. The normalized spacial score (nSPS) is 10.0. The molecule has 0 aliphatic rings. The van der Waals surface area contributed by atoms with Crippen LogP contribution in [0.2, 0.25) is 0 Å². The molecule has 0 aliphatic heterocycles. The van der Waals surface area contributed by atoms with E-state index in [2.05, 4.69) is 4.98 Å². The molecule has 0 unspecified atom stereocenters. The zero-order valence-electron chi connectivity index (χ0n) is 6.19. The van der Waals surface area contributed by atoms with E-state index >= 15 is 0 Å². The molecule has 0 fully saturated rings. The van der Waals surface area contributed by atoms with E-state index in [1.54, 1.807) is 0 Å². The van der Waals surface area contributed by atoms with Crippen LogP contribution in [0.4, 0.5) is 5.13 Å². The summed E-state index contributed by atoms with van der Waals surface area (Å²) in [6.45, 7) is 0. The number of hydrogen-bond donors (Lipinski definition) is 2. The number of rotatable bonds is 4. The number of nitrogen functional groups attached to an aromatic ring is 1. The molecule has 0 aliphatic carbocycles. The Kier molecular flexibility index (Phi) is 3.36. The number of carbonyl (C=O) groups is 1. The van der Waals surface area contributed by atoms with E-state index in [1.165, 1.54) is 23.1 Å². The van der Waals surface area contributed by atoms with Crippen molar-refractivity contribution in [2.45, 2.75) is 5.75 Å². The summed E-state index contributed by atoms with van der Waals surface area (Å²) in [5.41, 5.74) is 6.24. The Morgan fingerprint density at radius 1 is 1.83 bits per heavy atom. The Labute approximate surface area is 77.8 Å². The zero-order chi connectivity index (χ0) is 8.97. The lowest BCUT2D eigenvalue weighted by Gasteiger charge is -1.92. The number of hydrogen-bond acceptors (Lipinski definition) is 5. The van der Waals surface area contributed by atoms with Crippen molar-refractivity contribution in [2.24, 2.45) is 0 Å². The number of nitrogens with zero attached hydrogens (tertiary/aromatic N) is 1. The fourth-order valence-electron chi connectivity index (χ4n) is 0.632. The van der Waals surface area contributed by atoms with E-state index < -0.39 is 5.97 Å². The molecule has 1 rings (SSSR count). The smallest absolute Gasteiger partial charge is 0.313 e. The first-order chi connectivity index (χ1) is 5.68. The molecule has 0 bridgehead atoms. The van der Waals surface area contributed by atoms with Gasteiger partial charge in [0.05, 0.1) is 11.4 Å². The van der Waals surface area contributed by atoms with Crippen LogP contribution in [0.5, 0.6) is 0 Å². The van der Waals surface area contributed by atoms with Crippen LogP contribution in [-0.2, 0) is 10.5 Å². The van der Waals surface area contributed by atoms with Crippen LogP contribution in [0.3, 0.4) is 0 Å². The van der Waals surface area contributed by atoms with Gasteiger partial charge in [-0.3, -0.25) is 4.79 Å². The maximum absolute atomic E-state index is 10.1. The summed E-state index contributed by atoms with van der Waals surface area (Å²) in [7, 11) is 0. The van der Waals surface area contributed by atoms with Crippen molar-refractivity contribution in [3.05, 3.63) is 11.1 Å². The molecule has 0 radical (unpaired) electrons. The third-order valence-electron chi connectivity index (χ3n) is 1.04. The quantitative estimate of drug-likeness (QED) is 0.766. The van der Waals surface area contributed by atoms with Crippen molar-refractivity contribution in [2.75, 3.05) is 11.5 Å². The lowest BCUT2D eigenvalue weighted by molar-refractivity contribution is -0.133. The Morgan fingerprint density at radius 3 is 3.08 bits per heavy atom. The predicted molar refractivity (Wildman–Crippen MR) is 50.3 cm³/mol. The minimum atomic E-state index is -0.803. The van der Waals surface area contributed by atoms with Gasteiger partial charge in [-0.25, -0.2) is 4.98 Å². The van der Waals surface area contributed by atoms with Crippen LogP contribution in [0.1, 0.15) is 5.69 Å². The fraction of sp³-hybridized carbons (Fsp3) is 0.333. The highest BCUT2D eigenvalue weighted by Gasteiger charge is 2.01. The van der Waals surface area contributed by atoms with Gasteiger partial charge < -0.3 is 10.8 Å². The monoisotopic (exact) mass is 204 g/mol. The molecule has 1 aromatic rings. The molecule has 0 atom stereocenters. The molecule has 66 valence electrons. The number of aliphatic carboxylic acids is 1. The Morgan fingerprint density at radius 2 is 2.58 bits per heavy atom. The van der Waals surface area contributed by atoms with Gasteiger partial charge >= 0.3 is 5.97 Å². The summed E-state index contributed by atoms with van der Waals surface area (Å²) in [5, 5.41) is 10.7. The van der Waals surface area contributed by atoms with Crippen molar-refractivity contribution < 1.29 is 9.90 Å². The predicted octanol–water partition coefficient (Wildman–Crippen LogP) is 1.04. The van der Waals surface area contributed by atoms with E-state index in [-0.39, 0.29) is 5.75 Å². The Bertz CT molecular complexity index is 274. The second-order valence-electron chi connectivity index (χ2n) is 2.06. The van der Waals surface area contributed by atoms with Crippen LogP contribution < -0.4 is 5.73 Å². The first kappa shape index (κ1) is 9.34. The summed E-state index contributed by atoms with van der Waals surface area (Å²) < 4.78 is 0. The number of aromatic nitrogens is 1. The van der Waals surface area contributed by atoms with Gasteiger partial charge in [-0.15, -0.1) is 23.1 Å². The molecule has 0 amide bonds. The first-order valence-corrected chi connectivity index (χ1v) is 5.21. The number of thioether (sulfide) groups is 1. The highest BCUT2D eigenvalue weighted by atomic mass is 32.2. The average Bonchev–Trinajstić information content (AvgIpc) is 2.35. The Balaban J connectivity index is 2.29. The molecule has 1 heterocycles. The van der Waals surface area contributed by atoms with Crippen molar-refractivity contribution in [3.63, 3.8) is 0 Å². The SMILES string of the molecule is Nc1nc(CSCC(=O)O)cs1. The van der Waals surface area contributed by atoms with Crippen LogP contribution in [0.25, 0.3) is 0 Å². The van der Waals surface area contributed by atoms with E-state index in [0.717, 1.165) is 5.69 Å². The first-order valence-electron chi connectivity index (χ1n) is 3.18. The minimum Gasteiger partial charge on any atom is -0.481 e. The molecule has 0 aromatic carbocycles. The number of anilines is 1. The summed E-state index contributed by atoms with van der Waals surface area (Å²) in [5.74, 6) is -0.0829. The van der Waals surface area contributed by atoms with Crippen molar-refractivity contribution in [1.29, 1.82) is 0 Å². The van der Waals surface area contributed by atoms with Gasteiger partial charge in [0.2, 0.25) is 0 Å². The molecule has 0 spiro atoms. The summed E-state index contributed by atoms with van der Waals surface area (Å²) in [4.78, 5) is 14.1. The van der Waals surface area contributed by atoms with E-state index in [4.69, 9.17) is 10.8 Å². The summed E-state index contributed by atoms with van der Waals surface area (Å²) in [6.07, 6.45) is 0. The standard InChI is InChI=1S/C6H8N2O2S2/c7-6-8-4(2-12-6)1-11-3-5(9)10/h2H,1,3H2,(H2,7,8)(H,9,10). The molecular weight excluding hydrogens is 196 g/mol. The van der Waals surface area contributed by atoms with Gasteiger partial charge in [0, 0.05) is 11.1 Å². The maximum Gasteiger partial charge on any atom is 0.313 e. The molecule has 0 saturated carbocycles. The van der Waals surface area contributed by atoms with Crippen molar-refractivity contribution >= 4 is 34.2 Å². The van der Waals surface area contributed by atoms with Gasteiger partial charge in [-0.1, -0.05) is 0 Å². The van der Waals surface area contributed by atoms with Gasteiger partial charge in [0.15, 0.2) is 5.13 Å². The van der Waals surface area contributed by atoms with E-state index in [1.807, 2.05) is 5.38 Å². The van der Waals surface area contributed by atoms with Crippen LogP contribution in [-0.4, -0.2) is 21.8 Å². The van der Waals surface area contributed by atoms with Crippen LogP contribution in [0, 0.1) is 0 Å². The molecule has 3 N–H and O–H groups in total. The molecular formula is C6H8N2O2S2. The van der Waals surface area contributed by atoms with Gasteiger partial charge in [-0.2, -0.15) is 0 Å². The van der Waals surface area contributed by atoms with Crippen LogP contribution in [0.15, 0.2) is 5.38 Å². The number of carboxylic acid groups (broad SMARTS) is 1. The third-order valence-corrected chi connectivity index (χ3v) is 2.72. The number of thiazole rings is 1. The number of carboxylic acids is 1. The second-order valence-corrected chi connectivity index (χ2v) is 3.94. The topological polar surface area (TPSA) is 76.2 Å². The molecule has 4 nitrogen and oxygen atoms in total. The third kappa shape index (κ3) is 3.10. The average molecular weight is 204 g/mol. The molecule has 1 aromatic heterocycles.